The predicted octanol–water partition coefficient (Wildman–Crippen LogP) is 4.26. The number of benzene rings is 1. The van der Waals surface area contributed by atoms with Gasteiger partial charge in [-0.05, 0) is 72.2 Å². The van der Waals surface area contributed by atoms with Crippen LogP contribution in [0.4, 0.5) is 4.79 Å². The van der Waals surface area contributed by atoms with Crippen molar-refractivity contribution in [2.45, 2.75) is 50.9 Å². The number of ether oxygens (including phenoxy) is 3. The fraction of sp³-hybridized carbons (Fsp3) is 0.632. The molecule has 3 unspecified atom stereocenters. The minimum atomic E-state index is -0.412. The number of amides is 1. The molecule has 0 radical (unpaired) electrons. The number of carbonyl (C=O) groups is 1. The lowest BCUT2D eigenvalue weighted by molar-refractivity contribution is -0.112. The average Bonchev–Trinajstić information content (AvgIpc) is 3.19. The van der Waals surface area contributed by atoms with Gasteiger partial charge >= 0.3 is 6.09 Å². The first-order chi connectivity index (χ1) is 12.1. The fourth-order valence-corrected chi connectivity index (χ4v) is 4.86. The van der Waals surface area contributed by atoms with E-state index in [1.54, 1.807) is 7.11 Å². The Kier molecular flexibility index (Phi) is 6.57. The van der Waals surface area contributed by atoms with Gasteiger partial charge in [-0.15, -0.1) is 0 Å². The van der Waals surface area contributed by atoms with Crippen LogP contribution in [0.25, 0.3) is 0 Å². The van der Waals surface area contributed by atoms with E-state index in [2.05, 4.69) is 27.9 Å². The van der Waals surface area contributed by atoms with Crippen molar-refractivity contribution >= 4 is 28.7 Å². The van der Waals surface area contributed by atoms with Crippen molar-refractivity contribution in [3.8, 4) is 0 Å². The van der Waals surface area contributed by atoms with Gasteiger partial charge in [-0.1, -0.05) is 24.6 Å². The Morgan fingerprint density at radius 2 is 2.12 bits per heavy atom. The van der Waals surface area contributed by atoms with Crippen LogP contribution in [-0.4, -0.2) is 32.1 Å². The van der Waals surface area contributed by atoms with E-state index < -0.39 is 6.10 Å². The third kappa shape index (κ3) is 4.65. The second-order valence-electron chi connectivity index (χ2n) is 7.05. The zero-order valence-electron chi connectivity index (χ0n) is 14.7. The Hall–Kier alpha value is -0.860. The molecule has 0 spiro atoms. The second kappa shape index (κ2) is 8.68. The number of hydrogen-bond donors (Lipinski definition) is 1. The van der Waals surface area contributed by atoms with Crippen molar-refractivity contribution in [3.05, 3.63) is 33.4 Å². The van der Waals surface area contributed by atoms with Crippen LogP contribution in [0.1, 0.15) is 44.3 Å². The average molecular weight is 459 g/mol. The van der Waals surface area contributed by atoms with Crippen molar-refractivity contribution in [1.29, 1.82) is 0 Å². The Balaban J connectivity index is 1.60. The van der Waals surface area contributed by atoms with Gasteiger partial charge in [-0.25, -0.2) is 4.79 Å². The molecular formula is C19H26INO4. The standard InChI is InChI=1S/C19H26INO4/c1-12(18(24-11-23-2)15-5-3-4-6-16(15)20)25-19(22)21-17-10-13-7-8-14(17)9-13/h3-6,12-14,17-18H,7-11H2,1-2H3,(H,21,22)/t12-,13?,14?,17?,18+/m0/s1. The lowest BCUT2D eigenvalue weighted by Crippen LogP contribution is -2.41. The summed E-state index contributed by atoms with van der Waals surface area (Å²) in [5.41, 5.74) is 1.00. The van der Waals surface area contributed by atoms with Crippen LogP contribution in [0.5, 0.6) is 0 Å². The summed E-state index contributed by atoms with van der Waals surface area (Å²) in [5.74, 6) is 1.42. The van der Waals surface area contributed by atoms with Crippen LogP contribution < -0.4 is 5.32 Å². The lowest BCUT2D eigenvalue weighted by atomic mass is 9.96. The number of halogens is 1. The molecule has 1 aromatic rings. The number of rotatable bonds is 7. The summed E-state index contributed by atoms with van der Waals surface area (Å²) in [6.45, 7) is 2.02. The number of nitrogens with one attached hydrogen (secondary N) is 1. The molecule has 0 heterocycles. The van der Waals surface area contributed by atoms with E-state index in [1.165, 1.54) is 19.3 Å². The van der Waals surface area contributed by atoms with Gasteiger partial charge in [0, 0.05) is 16.7 Å². The second-order valence-corrected chi connectivity index (χ2v) is 8.21. The summed E-state index contributed by atoms with van der Waals surface area (Å²) >= 11 is 2.27. The molecular weight excluding hydrogens is 433 g/mol. The minimum Gasteiger partial charge on any atom is -0.443 e. The highest BCUT2D eigenvalue weighted by atomic mass is 127. The van der Waals surface area contributed by atoms with Crippen molar-refractivity contribution in [2.24, 2.45) is 11.8 Å². The smallest absolute Gasteiger partial charge is 0.407 e. The zero-order valence-corrected chi connectivity index (χ0v) is 16.9. The van der Waals surface area contributed by atoms with E-state index in [0.29, 0.717) is 5.92 Å². The third-order valence-electron chi connectivity index (χ3n) is 5.34. The monoisotopic (exact) mass is 459 g/mol. The molecule has 1 amide bonds. The zero-order chi connectivity index (χ0) is 17.8. The van der Waals surface area contributed by atoms with E-state index in [0.717, 1.165) is 21.5 Å². The first-order valence-corrected chi connectivity index (χ1v) is 9.98. The first-order valence-electron chi connectivity index (χ1n) is 8.90. The summed E-state index contributed by atoms with van der Waals surface area (Å²) in [4.78, 5) is 12.4. The Bertz CT molecular complexity index is 597. The molecule has 138 valence electrons. The number of hydrogen-bond acceptors (Lipinski definition) is 4. The molecule has 25 heavy (non-hydrogen) atoms. The lowest BCUT2D eigenvalue weighted by Gasteiger charge is -2.27. The van der Waals surface area contributed by atoms with Gasteiger partial charge in [0.05, 0.1) is 0 Å². The molecule has 2 saturated carbocycles. The van der Waals surface area contributed by atoms with Crippen LogP contribution in [0, 0.1) is 15.4 Å². The molecule has 0 aromatic heterocycles. The van der Waals surface area contributed by atoms with E-state index in [9.17, 15) is 4.79 Å². The summed E-state index contributed by atoms with van der Waals surface area (Å²) in [6, 6.07) is 8.22. The maximum atomic E-state index is 12.4. The highest BCUT2D eigenvalue weighted by molar-refractivity contribution is 14.1. The molecule has 2 aliphatic rings. The van der Waals surface area contributed by atoms with Crippen LogP contribution in [0.2, 0.25) is 0 Å². The van der Waals surface area contributed by atoms with Crippen LogP contribution in [0.15, 0.2) is 24.3 Å². The molecule has 6 heteroatoms. The summed E-state index contributed by atoms with van der Waals surface area (Å²) in [7, 11) is 1.58. The maximum Gasteiger partial charge on any atom is 0.407 e. The van der Waals surface area contributed by atoms with E-state index >= 15 is 0 Å². The SMILES string of the molecule is COCO[C@@H](c1ccccc1I)[C@H](C)OC(=O)NC1CC2CCC1C2. The summed E-state index contributed by atoms with van der Waals surface area (Å²) in [6.07, 6.45) is 3.77. The van der Waals surface area contributed by atoms with Crippen LogP contribution >= 0.6 is 22.6 Å². The highest BCUT2D eigenvalue weighted by Gasteiger charge is 2.40. The molecule has 0 saturated heterocycles. The van der Waals surface area contributed by atoms with E-state index in [-0.39, 0.29) is 25.0 Å². The van der Waals surface area contributed by atoms with Gasteiger partial charge in [0.2, 0.25) is 0 Å². The van der Waals surface area contributed by atoms with E-state index in [1.807, 2.05) is 31.2 Å². The van der Waals surface area contributed by atoms with Crippen molar-refractivity contribution in [2.75, 3.05) is 13.9 Å². The highest BCUT2D eigenvalue weighted by Crippen LogP contribution is 2.44. The van der Waals surface area contributed by atoms with Gasteiger partial charge in [0.15, 0.2) is 0 Å². The summed E-state index contributed by atoms with van der Waals surface area (Å²) in [5, 5.41) is 3.07. The number of fused-ring (bicyclic) bond motifs is 2. The number of carbonyl (C=O) groups excluding carboxylic acids is 1. The van der Waals surface area contributed by atoms with Gasteiger partial charge in [0.1, 0.15) is 19.0 Å². The van der Waals surface area contributed by atoms with Gasteiger partial charge in [0.25, 0.3) is 0 Å². The largest absolute Gasteiger partial charge is 0.443 e. The Morgan fingerprint density at radius 1 is 1.32 bits per heavy atom. The Morgan fingerprint density at radius 3 is 2.76 bits per heavy atom. The summed E-state index contributed by atoms with van der Waals surface area (Å²) < 4.78 is 17.6. The minimum absolute atomic E-state index is 0.150. The predicted molar refractivity (Wildman–Crippen MR) is 103 cm³/mol. The molecule has 2 aliphatic carbocycles. The first kappa shape index (κ1) is 18.9. The van der Waals surface area contributed by atoms with Gasteiger partial charge < -0.3 is 19.5 Å². The fourth-order valence-electron chi connectivity index (χ4n) is 4.16. The normalized spacial score (nSPS) is 27.1. The van der Waals surface area contributed by atoms with Crippen molar-refractivity contribution in [3.63, 3.8) is 0 Å². The molecule has 1 N–H and O–H groups in total. The number of methoxy groups -OCH3 is 1. The third-order valence-corrected chi connectivity index (χ3v) is 6.32. The topological polar surface area (TPSA) is 56.8 Å². The molecule has 3 rings (SSSR count). The van der Waals surface area contributed by atoms with E-state index in [4.69, 9.17) is 14.2 Å². The van der Waals surface area contributed by atoms with Crippen LogP contribution in [-0.2, 0) is 14.2 Å². The van der Waals surface area contributed by atoms with Crippen LogP contribution in [0.3, 0.4) is 0 Å². The maximum absolute atomic E-state index is 12.4. The van der Waals surface area contributed by atoms with Crippen molar-refractivity contribution < 1.29 is 19.0 Å². The Labute approximate surface area is 162 Å². The molecule has 0 aliphatic heterocycles. The molecule has 5 atom stereocenters. The molecule has 1 aromatic carbocycles. The quantitative estimate of drug-likeness (QED) is 0.489. The molecule has 5 nitrogen and oxygen atoms in total. The van der Waals surface area contributed by atoms with Gasteiger partial charge in [-0.2, -0.15) is 0 Å². The number of alkyl carbamates (subject to hydrolysis) is 1. The van der Waals surface area contributed by atoms with Crippen molar-refractivity contribution in [1.82, 2.24) is 5.32 Å². The van der Waals surface area contributed by atoms with Gasteiger partial charge in [-0.3, -0.25) is 0 Å². The molecule has 2 fully saturated rings. The molecule has 2 bridgehead atoms.